The number of halogens is 2. The van der Waals surface area contributed by atoms with Crippen molar-refractivity contribution in [3.63, 3.8) is 0 Å². The quantitative estimate of drug-likeness (QED) is 0.829. The summed E-state index contributed by atoms with van der Waals surface area (Å²) in [6, 6.07) is 9.14. The summed E-state index contributed by atoms with van der Waals surface area (Å²) >= 11 is 11.8. The van der Waals surface area contributed by atoms with Gasteiger partial charge in [0.15, 0.2) is 0 Å². The Morgan fingerprint density at radius 3 is 2.42 bits per heavy atom. The van der Waals surface area contributed by atoms with E-state index in [0.29, 0.717) is 22.9 Å². The van der Waals surface area contributed by atoms with Gasteiger partial charge in [0, 0.05) is 25.2 Å². The summed E-state index contributed by atoms with van der Waals surface area (Å²) in [5, 5.41) is 0.996. The van der Waals surface area contributed by atoms with E-state index >= 15 is 0 Å². The molecule has 0 bridgehead atoms. The number of rotatable bonds is 5. The second kappa shape index (κ2) is 6.69. The van der Waals surface area contributed by atoms with Crippen LogP contribution in [0.1, 0.15) is 17.5 Å². The highest BCUT2D eigenvalue weighted by molar-refractivity contribution is 6.42. The van der Waals surface area contributed by atoms with Gasteiger partial charge in [0.2, 0.25) is 0 Å². The number of pyridine rings is 1. The summed E-state index contributed by atoms with van der Waals surface area (Å²) in [5.74, 6) is 0.190. The van der Waals surface area contributed by atoms with Gasteiger partial charge in [0.05, 0.1) is 10.0 Å². The number of hydrogen-bond acceptors (Lipinski definition) is 2. The van der Waals surface area contributed by atoms with Gasteiger partial charge in [-0.2, -0.15) is 0 Å². The van der Waals surface area contributed by atoms with Crippen LogP contribution in [0, 0.1) is 0 Å². The van der Waals surface area contributed by atoms with E-state index in [-0.39, 0.29) is 5.78 Å². The van der Waals surface area contributed by atoms with Crippen LogP contribution in [-0.4, -0.2) is 10.8 Å². The molecular formula is C15H13Cl2NO. The molecule has 0 spiro atoms. The Morgan fingerprint density at radius 2 is 1.74 bits per heavy atom. The van der Waals surface area contributed by atoms with Crippen LogP contribution in [-0.2, 0) is 17.6 Å². The lowest BCUT2D eigenvalue weighted by Crippen LogP contribution is -2.04. The first-order valence-electron chi connectivity index (χ1n) is 5.99. The first kappa shape index (κ1) is 14.0. The van der Waals surface area contributed by atoms with Gasteiger partial charge in [-0.1, -0.05) is 29.3 Å². The molecule has 2 nitrogen and oxygen atoms in total. The molecule has 98 valence electrons. The number of carbonyl (C=O) groups excluding carboxylic acids is 1. The molecule has 0 aliphatic rings. The molecule has 2 rings (SSSR count). The molecule has 0 fully saturated rings. The van der Waals surface area contributed by atoms with Gasteiger partial charge in [0.1, 0.15) is 5.78 Å². The number of benzene rings is 1. The maximum Gasteiger partial charge on any atom is 0.137 e. The Hall–Kier alpha value is -1.38. The molecule has 0 aliphatic heterocycles. The zero-order valence-electron chi connectivity index (χ0n) is 10.3. The molecule has 0 radical (unpaired) electrons. The summed E-state index contributed by atoms with van der Waals surface area (Å²) < 4.78 is 0. The monoisotopic (exact) mass is 293 g/mol. The molecule has 0 unspecified atom stereocenters. The Kier molecular flexibility index (Phi) is 4.94. The van der Waals surface area contributed by atoms with Crippen molar-refractivity contribution >= 4 is 29.0 Å². The Bertz CT molecular complexity index is 570. The normalized spacial score (nSPS) is 10.4. The number of hydrogen-bond donors (Lipinski definition) is 0. The highest BCUT2D eigenvalue weighted by Gasteiger charge is 2.06. The molecule has 0 amide bonds. The molecule has 0 aliphatic carbocycles. The highest BCUT2D eigenvalue weighted by atomic mass is 35.5. The number of aryl methyl sites for hydroxylation is 1. The van der Waals surface area contributed by atoms with Gasteiger partial charge >= 0.3 is 0 Å². The van der Waals surface area contributed by atoms with E-state index in [9.17, 15) is 4.79 Å². The minimum absolute atomic E-state index is 0.190. The third-order valence-electron chi connectivity index (χ3n) is 2.83. The summed E-state index contributed by atoms with van der Waals surface area (Å²) in [5.41, 5.74) is 2.02. The maximum absolute atomic E-state index is 11.9. The topological polar surface area (TPSA) is 30.0 Å². The Labute approximate surface area is 122 Å². The van der Waals surface area contributed by atoms with Gasteiger partial charge < -0.3 is 0 Å². The van der Waals surface area contributed by atoms with E-state index in [2.05, 4.69) is 4.98 Å². The van der Waals surface area contributed by atoms with Crippen molar-refractivity contribution in [2.45, 2.75) is 19.3 Å². The second-order valence-corrected chi connectivity index (χ2v) is 5.13. The lowest BCUT2D eigenvalue weighted by atomic mass is 10.0. The van der Waals surface area contributed by atoms with Crippen LogP contribution >= 0.6 is 23.2 Å². The molecule has 2 aromatic rings. The number of Topliss-reactive ketones (excluding diaryl/α,β-unsaturated/α-hetero) is 1. The first-order valence-corrected chi connectivity index (χ1v) is 6.75. The predicted octanol–water partition coefficient (Wildman–Crippen LogP) is 4.13. The van der Waals surface area contributed by atoms with Gasteiger partial charge in [-0.15, -0.1) is 0 Å². The molecule has 4 heteroatoms. The van der Waals surface area contributed by atoms with Crippen LogP contribution in [0.2, 0.25) is 10.0 Å². The molecule has 1 heterocycles. The smallest absolute Gasteiger partial charge is 0.137 e. The molecular weight excluding hydrogens is 281 g/mol. The van der Waals surface area contributed by atoms with Gasteiger partial charge in [-0.3, -0.25) is 9.78 Å². The van der Waals surface area contributed by atoms with Crippen molar-refractivity contribution in [3.05, 3.63) is 63.9 Å². The third kappa shape index (κ3) is 4.34. The Morgan fingerprint density at radius 1 is 1.00 bits per heavy atom. The van der Waals surface area contributed by atoms with E-state index in [4.69, 9.17) is 23.2 Å². The highest BCUT2D eigenvalue weighted by Crippen LogP contribution is 2.23. The fourth-order valence-corrected chi connectivity index (χ4v) is 2.12. The van der Waals surface area contributed by atoms with Gasteiger partial charge in [0.25, 0.3) is 0 Å². The SMILES string of the molecule is O=C(CCc1ccncc1)Cc1ccc(Cl)c(Cl)c1. The summed E-state index contributed by atoms with van der Waals surface area (Å²) in [4.78, 5) is 15.8. The summed E-state index contributed by atoms with van der Waals surface area (Å²) in [6.07, 6.45) is 5.12. The van der Waals surface area contributed by atoms with Crippen molar-refractivity contribution in [3.8, 4) is 0 Å². The van der Waals surface area contributed by atoms with Gasteiger partial charge in [-0.25, -0.2) is 0 Å². The first-order chi connectivity index (χ1) is 9.15. The average Bonchev–Trinajstić information content (AvgIpc) is 2.42. The van der Waals surface area contributed by atoms with Crippen LogP contribution in [0.4, 0.5) is 0 Å². The zero-order chi connectivity index (χ0) is 13.7. The third-order valence-corrected chi connectivity index (χ3v) is 3.57. The standard InChI is InChI=1S/C15H13Cl2NO/c16-14-4-2-12(10-15(14)17)9-13(19)3-1-11-5-7-18-8-6-11/h2,4-8,10H,1,3,9H2. The lowest BCUT2D eigenvalue weighted by molar-refractivity contribution is -0.118. The average molecular weight is 294 g/mol. The summed E-state index contributed by atoms with van der Waals surface area (Å²) in [7, 11) is 0. The van der Waals surface area contributed by atoms with E-state index in [1.807, 2.05) is 18.2 Å². The number of ketones is 1. The number of nitrogens with zero attached hydrogens (tertiary/aromatic N) is 1. The minimum atomic E-state index is 0.190. The number of aromatic nitrogens is 1. The minimum Gasteiger partial charge on any atom is -0.299 e. The second-order valence-electron chi connectivity index (χ2n) is 4.32. The lowest BCUT2D eigenvalue weighted by Gasteiger charge is -2.03. The van der Waals surface area contributed by atoms with Crippen LogP contribution in [0.5, 0.6) is 0 Å². The summed E-state index contributed by atoms with van der Waals surface area (Å²) in [6.45, 7) is 0. The fraction of sp³-hybridized carbons (Fsp3) is 0.200. The maximum atomic E-state index is 11.9. The van der Waals surface area contributed by atoms with E-state index in [0.717, 1.165) is 17.5 Å². The van der Waals surface area contributed by atoms with Crippen LogP contribution in [0.3, 0.4) is 0 Å². The van der Waals surface area contributed by atoms with Crippen LogP contribution in [0.25, 0.3) is 0 Å². The van der Waals surface area contributed by atoms with Crippen molar-refractivity contribution in [2.24, 2.45) is 0 Å². The zero-order valence-corrected chi connectivity index (χ0v) is 11.8. The number of carbonyl (C=O) groups is 1. The molecule has 19 heavy (non-hydrogen) atoms. The molecule has 1 aromatic heterocycles. The Balaban J connectivity index is 1.89. The van der Waals surface area contributed by atoms with Crippen molar-refractivity contribution in [1.29, 1.82) is 0 Å². The molecule has 1 aromatic carbocycles. The molecule has 0 atom stereocenters. The van der Waals surface area contributed by atoms with Crippen molar-refractivity contribution in [2.75, 3.05) is 0 Å². The molecule has 0 saturated carbocycles. The van der Waals surface area contributed by atoms with Crippen molar-refractivity contribution < 1.29 is 4.79 Å². The molecule has 0 N–H and O–H groups in total. The largest absolute Gasteiger partial charge is 0.299 e. The fourth-order valence-electron chi connectivity index (χ4n) is 1.80. The van der Waals surface area contributed by atoms with Gasteiger partial charge in [-0.05, 0) is 41.8 Å². The van der Waals surface area contributed by atoms with E-state index in [1.165, 1.54) is 0 Å². The van der Waals surface area contributed by atoms with Crippen molar-refractivity contribution in [1.82, 2.24) is 4.98 Å². The van der Waals surface area contributed by atoms with Crippen LogP contribution in [0.15, 0.2) is 42.7 Å². The molecule has 0 saturated heterocycles. The predicted molar refractivity (Wildman–Crippen MR) is 77.7 cm³/mol. The van der Waals surface area contributed by atoms with E-state index in [1.54, 1.807) is 24.5 Å². The van der Waals surface area contributed by atoms with E-state index < -0.39 is 0 Å². The van der Waals surface area contributed by atoms with Crippen LogP contribution < -0.4 is 0 Å².